The molecule has 0 radical (unpaired) electrons. The quantitative estimate of drug-likeness (QED) is 0.284. The Bertz CT molecular complexity index is 1490. The van der Waals surface area contributed by atoms with Crippen molar-refractivity contribution < 1.29 is 4.42 Å². The third-order valence-electron chi connectivity index (χ3n) is 5.21. The van der Waals surface area contributed by atoms with Gasteiger partial charge in [0, 0.05) is 27.5 Å². The summed E-state index contributed by atoms with van der Waals surface area (Å²) in [6.45, 7) is 5.80. The second-order valence-corrected chi connectivity index (χ2v) is 7.34. The Morgan fingerprint density at radius 1 is 0.781 bits per heavy atom. The molecule has 0 N–H and O–H groups in total. The molecule has 0 aliphatic rings. The minimum atomic E-state index is 0.593. The van der Waals surface area contributed by atoms with Crippen LogP contribution in [0.1, 0.15) is 12.7 Å². The molecule has 32 heavy (non-hydrogen) atoms. The van der Waals surface area contributed by atoms with E-state index < -0.39 is 0 Å². The summed E-state index contributed by atoms with van der Waals surface area (Å²) >= 11 is 0. The molecule has 0 fully saturated rings. The van der Waals surface area contributed by atoms with Crippen molar-refractivity contribution in [3.8, 4) is 22.8 Å². The minimum absolute atomic E-state index is 0.593. The van der Waals surface area contributed by atoms with Crippen molar-refractivity contribution in [2.24, 2.45) is 0 Å². The van der Waals surface area contributed by atoms with Crippen molar-refractivity contribution in [2.75, 3.05) is 0 Å². The zero-order valence-corrected chi connectivity index (χ0v) is 17.7. The Morgan fingerprint density at radius 2 is 1.50 bits per heavy atom. The number of benzene rings is 3. The van der Waals surface area contributed by atoms with Crippen LogP contribution in [0.4, 0.5) is 0 Å². The van der Waals surface area contributed by atoms with Gasteiger partial charge in [0.1, 0.15) is 11.2 Å². The number of allylic oxidation sites excluding steroid dienone is 5. The van der Waals surface area contributed by atoms with Crippen molar-refractivity contribution in [3.05, 3.63) is 110 Å². The fourth-order valence-corrected chi connectivity index (χ4v) is 3.73. The molecular weight excluding hydrogens is 394 g/mol. The fraction of sp³-hybridized carbons (Fsp3) is 0.0357. The molecular formula is C28H21N3O. The summed E-state index contributed by atoms with van der Waals surface area (Å²) in [5.74, 6) is 1.81. The summed E-state index contributed by atoms with van der Waals surface area (Å²) < 4.78 is 6.08. The van der Waals surface area contributed by atoms with Crippen molar-refractivity contribution in [3.63, 3.8) is 0 Å². The zero-order chi connectivity index (χ0) is 21.9. The molecule has 0 atom stereocenters. The molecule has 0 bridgehead atoms. The second kappa shape index (κ2) is 8.44. The first kappa shape index (κ1) is 19.6. The largest absolute Gasteiger partial charge is 0.456 e. The average Bonchev–Trinajstić information content (AvgIpc) is 3.22. The van der Waals surface area contributed by atoms with Gasteiger partial charge in [-0.2, -0.15) is 0 Å². The van der Waals surface area contributed by atoms with Crippen LogP contribution >= 0.6 is 0 Å². The van der Waals surface area contributed by atoms with Gasteiger partial charge in [-0.1, -0.05) is 85.5 Å². The molecule has 0 aliphatic carbocycles. The molecule has 0 spiro atoms. The number of hydrogen-bond acceptors (Lipinski definition) is 4. The lowest BCUT2D eigenvalue weighted by Crippen LogP contribution is -2.02. The fourth-order valence-electron chi connectivity index (χ4n) is 3.73. The molecule has 5 aromatic rings. The lowest BCUT2D eigenvalue weighted by molar-refractivity contribution is 0.669. The van der Waals surface area contributed by atoms with E-state index in [1.165, 1.54) is 0 Å². The van der Waals surface area contributed by atoms with Crippen LogP contribution in [0.15, 0.2) is 108 Å². The maximum Gasteiger partial charge on any atom is 0.164 e. The molecule has 2 heterocycles. The summed E-state index contributed by atoms with van der Waals surface area (Å²) in [5, 5.41) is 2.17. The van der Waals surface area contributed by atoms with E-state index >= 15 is 0 Å². The lowest BCUT2D eigenvalue weighted by Gasteiger charge is -2.08. The summed E-state index contributed by atoms with van der Waals surface area (Å²) in [6, 6.07) is 24.1. The summed E-state index contributed by atoms with van der Waals surface area (Å²) in [6.07, 6.45) is 7.57. The van der Waals surface area contributed by atoms with Gasteiger partial charge in [0.05, 0.1) is 0 Å². The monoisotopic (exact) mass is 415 g/mol. The van der Waals surface area contributed by atoms with Gasteiger partial charge in [-0.05, 0) is 25.1 Å². The zero-order valence-electron chi connectivity index (χ0n) is 17.7. The number of aromatic nitrogens is 3. The van der Waals surface area contributed by atoms with Crippen LogP contribution in [0.25, 0.3) is 50.3 Å². The van der Waals surface area contributed by atoms with E-state index in [0.29, 0.717) is 17.5 Å². The van der Waals surface area contributed by atoms with E-state index in [1.807, 2.05) is 85.8 Å². The van der Waals surface area contributed by atoms with E-state index in [2.05, 4.69) is 18.7 Å². The van der Waals surface area contributed by atoms with E-state index in [9.17, 15) is 0 Å². The molecule has 0 saturated carbocycles. The number of rotatable bonds is 5. The van der Waals surface area contributed by atoms with Gasteiger partial charge in [0.15, 0.2) is 17.5 Å². The Balaban J connectivity index is 1.72. The molecule has 154 valence electrons. The molecule has 5 rings (SSSR count). The maximum absolute atomic E-state index is 6.08. The molecule has 2 aromatic heterocycles. The molecule has 4 heteroatoms. The molecule has 0 saturated heterocycles. The van der Waals surface area contributed by atoms with Gasteiger partial charge in [-0.15, -0.1) is 0 Å². The Kier molecular flexibility index (Phi) is 5.18. The highest BCUT2D eigenvalue weighted by Crippen LogP contribution is 2.32. The van der Waals surface area contributed by atoms with Crippen molar-refractivity contribution in [1.82, 2.24) is 15.0 Å². The van der Waals surface area contributed by atoms with E-state index in [0.717, 1.165) is 38.6 Å². The van der Waals surface area contributed by atoms with Gasteiger partial charge < -0.3 is 4.42 Å². The van der Waals surface area contributed by atoms with Crippen molar-refractivity contribution in [1.29, 1.82) is 0 Å². The Hall–Kier alpha value is -4.31. The SMILES string of the molecule is C=CC=C(C=CC)c1nc(-c2ccccc2)nc(-c2ccc3c(c2)oc2ccccc23)n1. The van der Waals surface area contributed by atoms with Crippen LogP contribution in [0.2, 0.25) is 0 Å². The number of hydrogen-bond donors (Lipinski definition) is 0. The molecule has 0 amide bonds. The van der Waals surface area contributed by atoms with Gasteiger partial charge in [-0.25, -0.2) is 15.0 Å². The Labute approximate surface area is 186 Å². The summed E-state index contributed by atoms with van der Waals surface area (Å²) in [7, 11) is 0. The molecule has 0 aliphatic heterocycles. The highest BCUT2D eigenvalue weighted by Gasteiger charge is 2.14. The maximum atomic E-state index is 6.08. The highest BCUT2D eigenvalue weighted by atomic mass is 16.3. The van der Waals surface area contributed by atoms with Crippen LogP contribution in [0.5, 0.6) is 0 Å². The lowest BCUT2D eigenvalue weighted by atomic mass is 10.1. The van der Waals surface area contributed by atoms with Gasteiger partial charge in [-0.3, -0.25) is 0 Å². The number of para-hydroxylation sites is 1. The summed E-state index contributed by atoms with van der Waals surface area (Å²) in [5.41, 5.74) is 4.34. The van der Waals surface area contributed by atoms with Crippen LogP contribution in [0.3, 0.4) is 0 Å². The first-order valence-electron chi connectivity index (χ1n) is 10.5. The predicted molar refractivity (Wildman–Crippen MR) is 131 cm³/mol. The number of nitrogens with zero attached hydrogens (tertiary/aromatic N) is 3. The van der Waals surface area contributed by atoms with Gasteiger partial charge in [0.25, 0.3) is 0 Å². The van der Waals surface area contributed by atoms with E-state index in [-0.39, 0.29) is 0 Å². The van der Waals surface area contributed by atoms with Crippen LogP contribution in [-0.2, 0) is 0 Å². The van der Waals surface area contributed by atoms with Crippen molar-refractivity contribution in [2.45, 2.75) is 6.92 Å². The van der Waals surface area contributed by atoms with E-state index in [4.69, 9.17) is 19.4 Å². The molecule has 0 unspecified atom stereocenters. The topological polar surface area (TPSA) is 51.8 Å². The highest BCUT2D eigenvalue weighted by molar-refractivity contribution is 6.05. The third-order valence-corrected chi connectivity index (χ3v) is 5.21. The standard InChI is InChI=1S/C28H21N3O/c1-3-10-19(11-4-2)26-29-27(20-12-6-5-7-13-20)31-28(30-26)21-16-17-23-22-14-8-9-15-24(22)32-25(23)18-21/h3-18H,1H2,2H3. The second-order valence-electron chi connectivity index (χ2n) is 7.34. The van der Waals surface area contributed by atoms with Crippen molar-refractivity contribution >= 4 is 27.5 Å². The normalized spacial score (nSPS) is 12.1. The van der Waals surface area contributed by atoms with Crippen LogP contribution < -0.4 is 0 Å². The minimum Gasteiger partial charge on any atom is -0.456 e. The van der Waals surface area contributed by atoms with E-state index in [1.54, 1.807) is 6.08 Å². The smallest absolute Gasteiger partial charge is 0.164 e. The van der Waals surface area contributed by atoms with Gasteiger partial charge >= 0.3 is 0 Å². The third kappa shape index (κ3) is 3.63. The van der Waals surface area contributed by atoms with Crippen LogP contribution in [0, 0.1) is 0 Å². The first-order chi connectivity index (χ1) is 15.8. The number of furan rings is 1. The average molecular weight is 415 g/mol. The molecule has 3 aromatic carbocycles. The predicted octanol–water partition coefficient (Wildman–Crippen LogP) is 7.25. The van der Waals surface area contributed by atoms with Gasteiger partial charge in [0.2, 0.25) is 0 Å². The van der Waals surface area contributed by atoms with Crippen LogP contribution in [-0.4, -0.2) is 15.0 Å². The Morgan fingerprint density at radius 3 is 2.28 bits per heavy atom. The molecule has 4 nitrogen and oxygen atoms in total. The summed E-state index contributed by atoms with van der Waals surface area (Å²) in [4.78, 5) is 14.3. The number of fused-ring (bicyclic) bond motifs is 3. The first-order valence-corrected chi connectivity index (χ1v) is 10.5.